The van der Waals surface area contributed by atoms with Gasteiger partial charge in [-0.3, -0.25) is 4.52 Å². The summed E-state index contributed by atoms with van der Waals surface area (Å²) >= 11 is 0. The molecule has 6 nitrogen and oxygen atoms in total. The van der Waals surface area contributed by atoms with Crippen molar-refractivity contribution < 1.29 is 59.5 Å². The van der Waals surface area contributed by atoms with Crippen LogP contribution in [0.1, 0.15) is 0 Å². The van der Waals surface area contributed by atoms with E-state index < -0.39 is 26.1 Å². The first-order valence-corrected chi connectivity index (χ1v) is 4.91. The Hall–Kier alpha value is 1.08. The van der Waals surface area contributed by atoms with E-state index in [1.807, 2.05) is 0 Å². The van der Waals surface area contributed by atoms with Gasteiger partial charge in [-0.1, -0.05) is 0 Å². The minimum atomic E-state index is -3.89. The van der Waals surface area contributed by atoms with Gasteiger partial charge in [-0.05, 0) is 6.10 Å². The Morgan fingerprint density at radius 3 is 2.77 bits per heavy atom. The van der Waals surface area contributed by atoms with Crippen molar-refractivity contribution in [3.8, 4) is 0 Å². The zero-order chi connectivity index (χ0) is 8.77. The molecule has 2 aliphatic rings. The number of ether oxygens (including phenoxy) is 1. The molecule has 0 aromatic heterocycles. The molecule has 0 bridgehead atoms. The van der Waals surface area contributed by atoms with Crippen molar-refractivity contribution in [2.24, 2.45) is 0 Å². The number of aliphatic hydroxyl groups is 1. The Labute approximate surface area is 98.5 Å². The largest absolute Gasteiger partial charge is 0.544 e. The molecule has 2 N–H and O–H groups in total. The van der Waals surface area contributed by atoms with E-state index in [9.17, 15) is 4.57 Å². The molecule has 0 aromatic rings. The van der Waals surface area contributed by atoms with Gasteiger partial charge in [0.15, 0.2) is 0 Å². The molecular formula is C5H8O6PU-. The van der Waals surface area contributed by atoms with Crippen molar-refractivity contribution in [3.63, 3.8) is 0 Å². The van der Waals surface area contributed by atoms with Crippen LogP contribution in [0.15, 0.2) is 0 Å². The second-order valence-corrected chi connectivity index (χ2v) is 3.96. The maximum absolute atomic E-state index is 10.8. The zero-order valence-electron chi connectivity index (χ0n) is 6.49. The molecule has 0 aliphatic carbocycles. The topological polar surface area (TPSA) is 85.2 Å². The van der Waals surface area contributed by atoms with Crippen molar-refractivity contribution in [3.05, 3.63) is 6.61 Å². The summed E-state index contributed by atoms with van der Waals surface area (Å²) in [6, 6.07) is 0. The van der Waals surface area contributed by atoms with Gasteiger partial charge in [0, 0.05) is 31.1 Å². The summed E-state index contributed by atoms with van der Waals surface area (Å²) in [5.74, 6) is 0. The van der Waals surface area contributed by atoms with E-state index >= 15 is 0 Å². The van der Waals surface area contributed by atoms with Crippen LogP contribution in [0.2, 0.25) is 0 Å². The molecule has 2 heterocycles. The van der Waals surface area contributed by atoms with Crippen LogP contribution in [0.4, 0.5) is 0 Å². The average molecular weight is 433 g/mol. The molecule has 0 amide bonds. The predicted octanol–water partition coefficient (Wildman–Crippen LogP) is -0.576. The van der Waals surface area contributed by atoms with Crippen molar-refractivity contribution in [1.29, 1.82) is 0 Å². The van der Waals surface area contributed by atoms with Crippen LogP contribution < -0.4 is 0 Å². The molecule has 2 aliphatic heterocycles. The van der Waals surface area contributed by atoms with E-state index in [2.05, 4.69) is 9.05 Å². The van der Waals surface area contributed by atoms with Gasteiger partial charge in [0.05, 0.1) is 18.8 Å². The van der Waals surface area contributed by atoms with Gasteiger partial charge in [-0.25, -0.2) is 4.57 Å². The number of aliphatic hydroxyl groups excluding tert-OH is 1. The van der Waals surface area contributed by atoms with Gasteiger partial charge < -0.3 is 19.3 Å². The number of phosphoric acid groups is 1. The van der Waals surface area contributed by atoms with Gasteiger partial charge in [0.2, 0.25) is 0 Å². The van der Waals surface area contributed by atoms with E-state index in [1.54, 1.807) is 0 Å². The van der Waals surface area contributed by atoms with Crippen LogP contribution in [-0.2, 0) is 18.3 Å². The summed E-state index contributed by atoms with van der Waals surface area (Å²) in [5.41, 5.74) is 0. The Balaban J connectivity index is 0.000000845. The van der Waals surface area contributed by atoms with Crippen molar-refractivity contribution in [2.75, 3.05) is 6.61 Å². The van der Waals surface area contributed by atoms with E-state index in [1.165, 1.54) is 6.61 Å². The third-order valence-corrected chi connectivity index (χ3v) is 2.79. The number of phosphoric ester groups is 1. The molecule has 8 heteroatoms. The van der Waals surface area contributed by atoms with E-state index in [-0.39, 0.29) is 37.7 Å². The maximum atomic E-state index is 10.8. The number of hydrogen-bond donors (Lipinski definition) is 2. The van der Waals surface area contributed by atoms with E-state index in [0.29, 0.717) is 0 Å². The monoisotopic (exact) mass is 433 g/mol. The molecule has 0 radical (unpaired) electrons. The SMILES string of the molecule is O=P1(O)OC2[CH-]O[C@H](CO)[C@@H]2O1.[U]. The summed E-state index contributed by atoms with van der Waals surface area (Å²) in [5, 5.41) is 8.73. The predicted molar refractivity (Wildman–Crippen MR) is 35.8 cm³/mol. The van der Waals surface area contributed by atoms with Crippen LogP contribution >= 0.6 is 7.82 Å². The fourth-order valence-electron chi connectivity index (χ4n) is 1.24. The third-order valence-electron chi connectivity index (χ3n) is 1.77. The number of rotatable bonds is 1. The number of hydrogen-bond acceptors (Lipinski definition) is 5. The first kappa shape index (κ1) is 12.2. The minimum Gasteiger partial charge on any atom is -0.544 e. The Morgan fingerprint density at radius 2 is 2.15 bits per heavy atom. The second kappa shape index (κ2) is 4.30. The molecule has 2 unspecified atom stereocenters. The van der Waals surface area contributed by atoms with Crippen LogP contribution in [0.25, 0.3) is 0 Å². The fourth-order valence-corrected chi connectivity index (χ4v) is 2.33. The van der Waals surface area contributed by atoms with E-state index in [0.717, 1.165) is 0 Å². The molecule has 0 spiro atoms. The molecule has 74 valence electrons. The van der Waals surface area contributed by atoms with Crippen LogP contribution in [0.5, 0.6) is 0 Å². The smallest absolute Gasteiger partial charge is 0.470 e. The summed E-state index contributed by atoms with van der Waals surface area (Å²) < 4.78 is 25.0. The van der Waals surface area contributed by atoms with Crippen LogP contribution in [-0.4, -0.2) is 34.9 Å². The van der Waals surface area contributed by atoms with E-state index in [4.69, 9.17) is 14.7 Å². The Kier molecular flexibility index (Phi) is 4.02. The summed E-state index contributed by atoms with van der Waals surface area (Å²) in [4.78, 5) is 8.87. The number of fused-ring (bicyclic) bond motifs is 1. The quantitative estimate of drug-likeness (QED) is 0.426. The van der Waals surface area contributed by atoms with Gasteiger partial charge in [-0.15, -0.1) is 0 Å². The molecular weight excluding hydrogens is 425 g/mol. The van der Waals surface area contributed by atoms with Gasteiger partial charge >= 0.3 is 7.82 Å². The summed E-state index contributed by atoms with van der Waals surface area (Å²) in [7, 11) is -3.89. The molecule has 2 rings (SSSR count). The third kappa shape index (κ3) is 2.36. The molecule has 2 saturated heterocycles. The Bertz CT molecular complexity index is 235. The molecule has 2 fully saturated rings. The van der Waals surface area contributed by atoms with Gasteiger partial charge in [0.25, 0.3) is 0 Å². The van der Waals surface area contributed by atoms with Crippen molar-refractivity contribution in [2.45, 2.75) is 18.3 Å². The second-order valence-electron chi connectivity index (χ2n) is 2.60. The first-order chi connectivity index (χ1) is 5.62. The normalized spacial score (nSPS) is 48.6. The standard InChI is InChI=1S/C5H8O6P.U/c6-1-3-5-4(2-9-3)10-12(7,8)11-5;/h2-6H,1H2,(H,7,8);/q-1;/t3-,4?,5+;/m1./s1. The summed E-state index contributed by atoms with van der Waals surface area (Å²) in [6.07, 6.45) is -1.90. The van der Waals surface area contributed by atoms with Gasteiger partial charge in [0.1, 0.15) is 0 Å². The molecule has 13 heavy (non-hydrogen) atoms. The van der Waals surface area contributed by atoms with Crippen LogP contribution in [0.3, 0.4) is 0 Å². The van der Waals surface area contributed by atoms with Crippen molar-refractivity contribution >= 4 is 7.82 Å². The summed E-state index contributed by atoms with van der Waals surface area (Å²) in [6.45, 7) is 1.00. The molecule has 0 aromatic carbocycles. The van der Waals surface area contributed by atoms with Gasteiger partial charge in [-0.2, -0.15) is 6.61 Å². The fraction of sp³-hybridized carbons (Fsp3) is 0.800. The zero-order valence-corrected chi connectivity index (χ0v) is 11.5. The first-order valence-electron chi connectivity index (χ1n) is 3.42. The molecule has 4 atom stereocenters. The minimum absolute atomic E-state index is 0. The average Bonchev–Trinajstić information content (AvgIpc) is 2.42. The maximum Gasteiger partial charge on any atom is 0.470 e. The van der Waals surface area contributed by atoms with Crippen LogP contribution in [0, 0.1) is 37.7 Å². The molecule has 0 saturated carbocycles. The van der Waals surface area contributed by atoms with Crippen molar-refractivity contribution in [1.82, 2.24) is 0 Å². The Morgan fingerprint density at radius 1 is 1.46 bits per heavy atom.